The van der Waals surface area contributed by atoms with Gasteiger partial charge in [0.15, 0.2) is 5.69 Å². The van der Waals surface area contributed by atoms with Crippen LogP contribution in [0.1, 0.15) is 29.4 Å². The number of ether oxygens (including phenoxy) is 1. The number of hydrogen-bond acceptors (Lipinski definition) is 4. The Labute approximate surface area is 159 Å². The van der Waals surface area contributed by atoms with Gasteiger partial charge in [0.1, 0.15) is 12.0 Å². The topological polar surface area (TPSA) is 64.4 Å². The van der Waals surface area contributed by atoms with Gasteiger partial charge in [0, 0.05) is 5.56 Å². The molecule has 3 aromatic rings. The van der Waals surface area contributed by atoms with Gasteiger partial charge in [0.2, 0.25) is 5.89 Å². The molecular weight excluding hydrogens is 373 g/mol. The molecule has 0 aliphatic heterocycles. The molecule has 1 heterocycles. The van der Waals surface area contributed by atoms with E-state index in [1.165, 1.54) is 12.1 Å². The van der Waals surface area contributed by atoms with Crippen LogP contribution in [0.15, 0.2) is 59.2 Å². The Bertz CT molecular complexity index is 950. The van der Waals surface area contributed by atoms with E-state index in [1.807, 2.05) is 6.92 Å². The molecule has 0 bridgehead atoms. The number of para-hydroxylation sites is 2. The van der Waals surface area contributed by atoms with Crippen LogP contribution in [0.5, 0.6) is 5.75 Å². The smallest absolute Gasteiger partial charge is 0.416 e. The Hall–Kier alpha value is -3.29. The van der Waals surface area contributed by atoms with Crippen molar-refractivity contribution < 1.29 is 27.1 Å². The van der Waals surface area contributed by atoms with Gasteiger partial charge >= 0.3 is 6.18 Å². The molecule has 0 fully saturated rings. The number of carbonyl (C=O) groups excluding carboxylic acids is 1. The van der Waals surface area contributed by atoms with E-state index in [1.54, 1.807) is 24.3 Å². The van der Waals surface area contributed by atoms with Crippen LogP contribution in [0.4, 0.5) is 18.9 Å². The summed E-state index contributed by atoms with van der Waals surface area (Å²) in [5.74, 6) is 0.0630. The highest BCUT2D eigenvalue weighted by molar-refractivity contribution is 6.03. The molecule has 0 unspecified atom stereocenters. The highest BCUT2D eigenvalue weighted by Crippen LogP contribution is 2.31. The van der Waals surface area contributed by atoms with Gasteiger partial charge in [-0.2, -0.15) is 13.2 Å². The zero-order valence-corrected chi connectivity index (χ0v) is 14.9. The van der Waals surface area contributed by atoms with Gasteiger partial charge in [0.25, 0.3) is 5.91 Å². The summed E-state index contributed by atoms with van der Waals surface area (Å²) in [7, 11) is 0. The first kappa shape index (κ1) is 19.5. The Morgan fingerprint density at radius 1 is 1.14 bits per heavy atom. The lowest BCUT2D eigenvalue weighted by molar-refractivity contribution is -0.137. The maximum absolute atomic E-state index is 12.6. The standard InChI is InChI=1S/C20H17F3N2O3/c1-2-11-27-17-6-4-3-5-15(17)24-18(26)16-12-28-19(25-16)13-7-9-14(10-8-13)20(21,22)23/h3-10,12H,2,11H2,1H3,(H,24,26). The summed E-state index contributed by atoms with van der Waals surface area (Å²) in [6.45, 7) is 2.48. The van der Waals surface area contributed by atoms with E-state index in [0.717, 1.165) is 24.8 Å². The lowest BCUT2D eigenvalue weighted by atomic mass is 10.1. The molecule has 28 heavy (non-hydrogen) atoms. The third kappa shape index (κ3) is 4.51. The quantitative estimate of drug-likeness (QED) is 0.612. The van der Waals surface area contributed by atoms with Gasteiger partial charge in [-0.3, -0.25) is 4.79 Å². The first-order valence-electron chi connectivity index (χ1n) is 8.55. The Morgan fingerprint density at radius 2 is 1.86 bits per heavy atom. The zero-order valence-electron chi connectivity index (χ0n) is 14.9. The number of carbonyl (C=O) groups is 1. The van der Waals surface area contributed by atoms with Crippen molar-refractivity contribution in [2.75, 3.05) is 11.9 Å². The van der Waals surface area contributed by atoms with Crippen LogP contribution in [0.2, 0.25) is 0 Å². The third-order valence-corrected chi connectivity index (χ3v) is 3.79. The lowest BCUT2D eigenvalue weighted by Gasteiger charge is -2.10. The van der Waals surface area contributed by atoms with E-state index in [2.05, 4.69) is 10.3 Å². The van der Waals surface area contributed by atoms with Gasteiger partial charge in [-0.15, -0.1) is 0 Å². The van der Waals surface area contributed by atoms with Crippen molar-refractivity contribution in [3.8, 4) is 17.2 Å². The molecule has 1 amide bonds. The highest BCUT2D eigenvalue weighted by atomic mass is 19.4. The van der Waals surface area contributed by atoms with Crippen molar-refractivity contribution >= 4 is 11.6 Å². The number of benzene rings is 2. The van der Waals surface area contributed by atoms with Gasteiger partial charge in [-0.25, -0.2) is 4.98 Å². The van der Waals surface area contributed by atoms with Gasteiger partial charge in [0.05, 0.1) is 17.9 Å². The predicted octanol–water partition coefficient (Wildman–Crippen LogP) is 5.40. The molecule has 0 aliphatic carbocycles. The van der Waals surface area contributed by atoms with Crippen LogP contribution in [-0.4, -0.2) is 17.5 Å². The van der Waals surface area contributed by atoms with Crippen LogP contribution < -0.4 is 10.1 Å². The van der Waals surface area contributed by atoms with E-state index in [9.17, 15) is 18.0 Å². The average molecular weight is 390 g/mol. The molecule has 1 aromatic heterocycles. The molecule has 3 rings (SSSR count). The number of hydrogen-bond donors (Lipinski definition) is 1. The van der Waals surface area contributed by atoms with Crippen LogP contribution in [-0.2, 0) is 6.18 Å². The summed E-state index contributed by atoms with van der Waals surface area (Å²) >= 11 is 0. The third-order valence-electron chi connectivity index (χ3n) is 3.79. The number of nitrogens with zero attached hydrogens (tertiary/aromatic N) is 1. The Balaban J connectivity index is 1.74. The van der Waals surface area contributed by atoms with Crippen molar-refractivity contribution in [3.63, 3.8) is 0 Å². The summed E-state index contributed by atoms with van der Waals surface area (Å²) < 4.78 is 48.8. The maximum Gasteiger partial charge on any atom is 0.416 e. The maximum atomic E-state index is 12.6. The number of rotatable bonds is 6. The second-order valence-electron chi connectivity index (χ2n) is 5.91. The zero-order chi connectivity index (χ0) is 20.1. The van der Waals surface area contributed by atoms with Crippen molar-refractivity contribution in [1.82, 2.24) is 4.98 Å². The van der Waals surface area contributed by atoms with E-state index in [-0.39, 0.29) is 11.6 Å². The molecule has 2 aromatic carbocycles. The number of alkyl halides is 3. The van der Waals surface area contributed by atoms with Crippen LogP contribution >= 0.6 is 0 Å². The molecular formula is C20H17F3N2O3. The number of amides is 1. The average Bonchev–Trinajstić information content (AvgIpc) is 3.17. The van der Waals surface area contributed by atoms with Crippen molar-refractivity contribution in [3.05, 3.63) is 66.1 Å². The fourth-order valence-electron chi connectivity index (χ4n) is 2.41. The number of anilines is 1. The second kappa shape index (κ2) is 8.16. The Morgan fingerprint density at radius 3 is 2.54 bits per heavy atom. The summed E-state index contributed by atoms with van der Waals surface area (Å²) in [6.07, 6.45) is -2.45. The SMILES string of the molecule is CCCOc1ccccc1NC(=O)c1coc(-c2ccc(C(F)(F)F)cc2)n1. The monoisotopic (exact) mass is 390 g/mol. The minimum atomic E-state index is -4.42. The first-order valence-corrected chi connectivity index (χ1v) is 8.55. The van der Waals surface area contributed by atoms with Crippen molar-refractivity contribution in [2.45, 2.75) is 19.5 Å². The Kier molecular flexibility index (Phi) is 5.67. The summed E-state index contributed by atoms with van der Waals surface area (Å²) in [4.78, 5) is 16.5. The minimum Gasteiger partial charge on any atom is -0.491 e. The highest BCUT2D eigenvalue weighted by Gasteiger charge is 2.30. The normalized spacial score (nSPS) is 11.3. The van der Waals surface area contributed by atoms with Crippen LogP contribution in [0, 0.1) is 0 Å². The van der Waals surface area contributed by atoms with Gasteiger partial charge < -0.3 is 14.5 Å². The number of oxazole rings is 1. The fourth-order valence-corrected chi connectivity index (χ4v) is 2.41. The summed E-state index contributed by atoms with van der Waals surface area (Å²) in [5, 5.41) is 2.69. The summed E-state index contributed by atoms with van der Waals surface area (Å²) in [6, 6.07) is 11.3. The predicted molar refractivity (Wildman–Crippen MR) is 97.1 cm³/mol. The van der Waals surface area contributed by atoms with Gasteiger partial charge in [-0.1, -0.05) is 19.1 Å². The molecule has 8 heteroatoms. The van der Waals surface area contributed by atoms with E-state index < -0.39 is 17.6 Å². The molecule has 0 spiro atoms. The number of nitrogens with one attached hydrogen (secondary N) is 1. The van der Waals surface area contributed by atoms with Crippen LogP contribution in [0.25, 0.3) is 11.5 Å². The molecule has 1 N–H and O–H groups in total. The van der Waals surface area contributed by atoms with E-state index >= 15 is 0 Å². The largest absolute Gasteiger partial charge is 0.491 e. The van der Waals surface area contributed by atoms with Crippen molar-refractivity contribution in [1.29, 1.82) is 0 Å². The van der Waals surface area contributed by atoms with Crippen molar-refractivity contribution in [2.24, 2.45) is 0 Å². The second-order valence-corrected chi connectivity index (χ2v) is 5.91. The van der Waals surface area contributed by atoms with E-state index in [0.29, 0.717) is 23.6 Å². The van der Waals surface area contributed by atoms with Gasteiger partial charge in [-0.05, 0) is 42.8 Å². The molecule has 0 saturated heterocycles. The molecule has 0 saturated carbocycles. The summed E-state index contributed by atoms with van der Waals surface area (Å²) in [5.41, 5.74) is 0.0448. The molecule has 0 aliphatic rings. The lowest BCUT2D eigenvalue weighted by Crippen LogP contribution is -2.13. The molecule has 0 atom stereocenters. The molecule has 0 radical (unpaired) electrons. The first-order chi connectivity index (χ1) is 13.4. The number of aromatic nitrogens is 1. The van der Waals surface area contributed by atoms with E-state index in [4.69, 9.17) is 9.15 Å². The minimum absolute atomic E-state index is 0.000178. The molecule has 146 valence electrons. The molecule has 5 nitrogen and oxygen atoms in total. The van der Waals surface area contributed by atoms with Crippen LogP contribution in [0.3, 0.4) is 0 Å². The fraction of sp³-hybridized carbons (Fsp3) is 0.200. The number of halogens is 3.